The van der Waals surface area contributed by atoms with E-state index in [-0.39, 0.29) is 5.91 Å². The van der Waals surface area contributed by atoms with Crippen molar-refractivity contribution in [1.29, 1.82) is 0 Å². The third-order valence-electron chi connectivity index (χ3n) is 2.87. The summed E-state index contributed by atoms with van der Waals surface area (Å²) >= 11 is 6.83. The Hall–Kier alpha value is -0.720. The average molecular weight is 289 g/mol. The van der Waals surface area contributed by atoms with Gasteiger partial charge in [0.1, 0.15) is 0 Å². The van der Waals surface area contributed by atoms with Gasteiger partial charge in [-0.3, -0.25) is 9.69 Å². The molecule has 0 saturated carbocycles. The van der Waals surface area contributed by atoms with Gasteiger partial charge in [0.05, 0.1) is 0 Å². The number of carbonyl (C=O) groups is 1. The molecule has 1 amide bonds. The first-order chi connectivity index (χ1) is 8.56. The predicted octanol–water partition coefficient (Wildman–Crippen LogP) is 1.61. The van der Waals surface area contributed by atoms with Gasteiger partial charge >= 0.3 is 0 Å². The number of rotatable bonds is 3. The summed E-state index contributed by atoms with van der Waals surface area (Å²) in [5.74, 6) is 0.609. The van der Waals surface area contributed by atoms with E-state index >= 15 is 0 Å². The van der Waals surface area contributed by atoms with Gasteiger partial charge in [0.15, 0.2) is 0 Å². The minimum absolute atomic E-state index is 0.0522. The first-order valence-electron chi connectivity index (χ1n) is 6.07. The van der Waals surface area contributed by atoms with E-state index in [0.29, 0.717) is 15.4 Å². The Kier molecular flexibility index (Phi) is 4.53. The summed E-state index contributed by atoms with van der Waals surface area (Å²) in [6, 6.07) is 0. The van der Waals surface area contributed by atoms with Crippen LogP contribution in [0.5, 0.6) is 0 Å². The van der Waals surface area contributed by atoms with Gasteiger partial charge < -0.3 is 4.90 Å². The number of amides is 1. The Morgan fingerprint density at radius 2 is 2.00 bits per heavy atom. The van der Waals surface area contributed by atoms with E-state index in [2.05, 4.69) is 28.9 Å². The van der Waals surface area contributed by atoms with Gasteiger partial charge in [-0.15, -0.1) is 10.2 Å². The molecule has 1 aromatic heterocycles. The molecule has 0 atom stereocenters. The molecule has 1 aliphatic heterocycles. The van der Waals surface area contributed by atoms with Crippen molar-refractivity contribution < 1.29 is 4.79 Å². The second-order valence-electron chi connectivity index (χ2n) is 4.85. The molecule has 0 unspecified atom stereocenters. The highest BCUT2D eigenvalue weighted by Gasteiger charge is 2.24. The van der Waals surface area contributed by atoms with Gasteiger partial charge in [0.2, 0.25) is 9.47 Å². The van der Waals surface area contributed by atoms with E-state index in [0.717, 1.165) is 44.1 Å². The molecule has 0 aromatic carbocycles. The molecule has 2 rings (SSSR count). The molecule has 0 radical (unpaired) electrons. The molecule has 0 spiro atoms. The minimum atomic E-state index is -0.0522. The highest BCUT2D eigenvalue weighted by Crippen LogP contribution is 2.17. The molecule has 0 bridgehead atoms. The molecule has 7 heteroatoms. The maximum atomic E-state index is 12.1. The fourth-order valence-electron chi connectivity index (χ4n) is 2.08. The normalized spacial score (nSPS) is 17.4. The molecule has 0 N–H and O–H groups in total. The molecular weight excluding hydrogens is 272 g/mol. The Labute approximate surface area is 116 Å². The zero-order chi connectivity index (χ0) is 13.1. The van der Waals surface area contributed by atoms with Gasteiger partial charge in [0, 0.05) is 32.7 Å². The number of aromatic nitrogens is 2. The van der Waals surface area contributed by atoms with Crippen molar-refractivity contribution in [3.63, 3.8) is 0 Å². The van der Waals surface area contributed by atoms with Crippen LogP contribution in [-0.2, 0) is 0 Å². The van der Waals surface area contributed by atoms with Crippen molar-refractivity contribution in [2.24, 2.45) is 5.92 Å². The molecule has 1 aromatic rings. The van der Waals surface area contributed by atoms with E-state index in [1.807, 2.05) is 4.90 Å². The van der Waals surface area contributed by atoms with Crippen LogP contribution in [0, 0.1) is 5.92 Å². The highest BCUT2D eigenvalue weighted by atomic mass is 35.5. The van der Waals surface area contributed by atoms with Crippen LogP contribution in [0.3, 0.4) is 0 Å². The molecule has 1 aliphatic rings. The molecule has 100 valence electrons. The van der Waals surface area contributed by atoms with Crippen LogP contribution in [-0.4, -0.2) is 58.6 Å². The number of nitrogens with zero attached hydrogens (tertiary/aromatic N) is 4. The summed E-state index contributed by atoms with van der Waals surface area (Å²) in [4.78, 5) is 16.3. The third kappa shape index (κ3) is 3.40. The van der Waals surface area contributed by atoms with Crippen LogP contribution in [0.1, 0.15) is 23.6 Å². The zero-order valence-corrected chi connectivity index (χ0v) is 12.2. The number of hydrogen-bond acceptors (Lipinski definition) is 5. The van der Waals surface area contributed by atoms with Crippen LogP contribution in [0.25, 0.3) is 0 Å². The number of piperazine rings is 1. The van der Waals surface area contributed by atoms with E-state index in [1.54, 1.807) is 0 Å². The minimum Gasteiger partial charge on any atom is -0.334 e. The van der Waals surface area contributed by atoms with Crippen LogP contribution in [0.2, 0.25) is 4.47 Å². The summed E-state index contributed by atoms with van der Waals surface area (Å²) in [6.07, 6.45) is 0. The topological polar surface area (TPSA) is 49.3 Å². The summed E-state index contributed by atoms with van der Waals surface area (Å²) in [5, 5.41) is 7.84. The summed E-state index contributed by atoms with van der Waals surface area (Å²) < 4.78 is 0.316. The molecule has 0 aliphatic carbocycles. The molecule has 5 nitrogen and oxygen atoms in total. The highest BCUT2D eigenvalue weighted by molar-refractivity contribution is 7.17. The lowest BCUT2D eigenvalue weighted by Gasteiger charge is -2.35. The zero-order valence-electron chi connectivity index (χ0n) is 10.6. The van der Waals surface area contributed by atoms with Crippen molar-refractivity contribution >= 4 is 28.8 Å². The Balaban J connectivity index is 1.88. The molecule has 1 fully saturated rings. The van der Waals surface area contributed by atoms with Crippen molar-refractivity contribution in [2.75, 3.05) is 32.7 Å². The lowest BCUT2D eigenvalue weighted by molar-refractivity contribution is 0.0622. The van der Waals surface area contributed by atoms with Crippen molar-refractivity contribution in [3.05, 3.63) is 9.47 Å². The fraction of sp³-hybridized carbons (Fsp3) is 0.727. The molecule has 18 heavy (non-hydrogen) atoms. The van der Waals surface area contributed by atoms with E-state index in [9.17, 15) is 4.79 Å². The van der Waals surface area contributed by atoms with Gasteiger partial charge in [-0.25, -0.2) is 0 Å². The van der Waals surface area contributed by atoms with Gasteiger partial charge in [0.25, 0.3) is 5.91 Å². The lowest BCUT2D eigenvalue weighted by atomic mass is 10.2. The predicted molar refractivity (Wildman–Crippen MR) is 72.1 cm³/mol. The quantitative estimate of drug-likeness (QED) is 0.848. The summed E-state index contributed by atoms with van der Waals surface area (Å²) in [7, 11) is 0. The van der Waals surface area contributed by atoms with Crippen LogP contribution in [0.4, 0.5) is 0 Å². The molecule has 1 saturated heterocycles. The molecule has 2 heterocycles. The monoisotopic (exact) mass is 288 g/mol. The maximum Gasteiger partial charge on any atom is 0.284 e. The lowest BCUT2D eigenvalue weighted by Crippen LogP contribution is -2.49. The van der Waals surface area contributed by atoms with Crippen molar-refractivity contribution in [2.45, 2.75) is 13.8 Å². The smallest absolute Gasteiger partial charge is 0.284 e. The van der Waals surface area contributed by atoms with Crippen LogP contribution >= 0.6 is 22.9 Å². The van der Waals surface area contributed by atoms with E-state index < -0.39 is 0 Å². The second-order valence-corrected chi connectivity index (χ2v) is 6.41. The van der Waals surface area contributed by atoms with Gasteiger partial charge in [-0.05, 0) is 17.5 Å². The fourth-order valence-corrected chi connectivity index (χ4v) is 2.87. The van der Waals surface area contributed by atoms with E-state index in [4.69, 9.17) is 11.6 Å². The Morgan fingerprint density at radius 1 is 1.33 bits per heavy atom. The van der Waals surface area contributed by atoms with Crippen LogP contribution < -0.4 is 0 Å². The number of hydrogen-bond donors (Lipinski definition) is 0. The first-order valence-corrected chi connectivity index (χ1v) is 7.26. The number of carbonyl (C=O) groups excluding carboxylic acids is 1. The molecular formula is C11H17ClN4OS. The average Bonchev–Trinajstić information content (AvgIpc) is 2.75. The largest absolute Gasteiger partial charge is 0.334 e. The second kappa shape index (κ2) is 5.95. The third-order valence-corrected chi connectivity index (χ3v) is 3.87. The Bertz CT molecular complexity index is 415. The van der Waals surface area contributed by atoms with Gasteiger partial charge in [-0.2, -0.15) is 0 Å². The maximum absolute atomic E-state index is 12.1. The van der Waals surface area contributed by atoms with Crippen molar-refractivity contribution in [1.82, 2.24) is 20.0 Å². The van der Waals surface area contributed by atoms with Gasteiger partial charge in [-0.1, -0.05) is 25.2 Å². The summed E-state index contributed by atoms with van der Waals surface area (Å²) in [6.45, 7) is 8.87. The van der Waals surface area contributed by atoms with Crippen LogP contribution in [0.15, 0.2) is 0 Å². The van der Waals surface area contributed by atoms with Crippen molar-refractivity contribution in [3.8, 4) is 0 Å². The van der Waals surface area contributed by atoms with E-state index in [1.165, 1.54) is 0 Å². The Morgan fingerprint density at radius 3 is 2.50 bits per heavy atom. The first kappa shape index (κ1) is 13.7. The SMILES string of the molecule is CC(C)CN1CCN(C(=O)c2nnc(Cl)s2)CC1. The summed E-state index contributed by atoms with van der Waals surface area (Å²) in [5.41, 5.74) is 0. The standard InChI is InChI=1S/C11H17ClN4OS/c1-8(2)7-15-3-5-16(6-4-15)10(17)9-13-14-11(12)18-9/h8H,3-7H2,1-2H3. The number of halogens is 1.